The van der Waals surface area contributed by atoms with E-state index < -0.39 is 0 Å². The van der Waals surface area contributed by atoms with E-state index in [2.05, 4.69) is 5.32 Å². The summed E-state index contributed by atoms with van der Waals surface area (Å²) in [6.45, 7) is 2.84. The minimum Gasteiger partial charge on any atom is -0.486 e. The number of aryl methyl sites for hydroxylation is 1. The number of halogens is 1. The van der Waals surface area contributed by atoms with Crippen LogP contribution in [0.3, 0.4) is 0 Å². The van der Waals surface area contributed by atoms with E-state index in [1.165, 1.54) is 0 Å². The zero-order chi connectivity index (χ0) is 14.8. The molecule has 0 aliphatic carbocycles. The van der Waals surface area contributed by atoms with E-state index >= 15 is 0 Å². The summed E-state index contributed by atoms with van der Waals surface area (Å²) in [7, 11) is 1.85. The molecule has 2 aromatic carbocycles. The second-order valence-corrected chi connectivity index (χ2v) is 5.10. The molecule has 4 heteroatoms. The fraction of sp³-hybridized carbons (Fsp3) is 0.294. The van der Waals surface area contributed by atoms with Crippen molar-refractivity contribution in [3.05, 3.63) is 58.9 Å². The lowest BCUT2D eigenvalue weighted by molar-refractivity contribution is 0.169. The molecule has 2 aromatic rings. The van der Waals surface area contributed by atoms with Crippen molar-refractivity contribution in [3.8, 4) is 11.5 Å². The molecule has 1 heterocycles. The number of fused-ring (bicyclic) bond motifs is 1. The molecule has 0 saturated heterocycles. The van der Waals surface area contributed by atoms with E-state index in [1.807, 2.05) is 31.3 Å². The van der Waals surface area contributed by atoms with Crippen molar-refractivity contribution < 1.29 is 13.9 Å². The Hall–Kier alpha value is -2.07. The lowest BCUT2D eigenvalue weighted by Crippen LogP contribution is -2.22. The predicted molar refractivity (Wildman–Crippen MR) is 79.5 cm³/mol. The summed E-state index contributed by atoms with van der Waals surface area (Å²) in [5.74, 6) is 1.28. The third-order valence-corrected chi connectivity index (χ3v) is 3.73. The summed E-state index contributed by atoms with van der Waals surface area (Å²) in [5.41, 5.74) is 2.46. The molecule has 1 N–H and O–H groups in total. The zero-order valence-electron chi connectivity index (χ0n) is 12.2. The van der Waals surface area contributed by atoms with Crippen LogP contribution in [-0.4, -0.2) is 20.3 Å². The number of para-hydroxylation sites is 1. The number of rotatable bonds is 3. The average Bonchev–Trinajstić information content (AvgIpc) is 2.52. The molecule has 1 unspecified atom stereocenters. The molecule has 3 rings (SSSR count). The monoisotopic (exact) mass is 287 g/mol. The van der Waals surface area contributed by atoms with E-state index in [-0.39, 0.29) is 11.9 Å². The van der Waals surface area contributed by atoms with Gasteiger partial charge in [0, 0.05) is 5.56 Å². The Kier molecular flexibility index (Phi) is 3.80. The molecule has 0 spiro atoms. The van der Waals surface area contributed by atoms with Crippen LogP contribution in [0.2, 0.25) is 0 Å². The topological polar surface area (TPSA) is 30.5 Å². The quantitative estimate of drug-likeness (QED) is 0.940. The standard InChI is InChI=1S/C17H18FNO2/c1-11-6-7-12(10-14(11)18)16(19-2)13-4-3-5-15-17(13)21-9-8-20-15/h3-7,10,16,19H,8-9H2,1-2H3. The van der Waals surface area contributed by atoms with Crippen molar-refractivity contribution in [1.82, 2.24) is 5.32 Å². The smallest absolute Gasteiger partial charge is 0.166 e. The summed E-state index contributed by atoms with van der Waals surface area (Å²) in [4.78, 5) is 0. The fourth-order valence-corrected chi connectivity index (χ4v) is 2.61. The van der Waals surface area contributed by atoms with Gasteiger partial charge in [0.15, 0.2) is 11.5 Å². The first kappa shape index (κ1) is 13.9. The SMILES string of the molecule is CNC(c1ccc(C)c(F)c1)c1cccc2c1OCCO2. The Morgan fingerprint density at radius 1 is 1.14 bits per heavy atom. The third-order valence-electron chi connectivity index (χ3n) is 3.73. The Balaban J connectivity index is 2.06. The maximum atomic E-state index is 13.8. The molecule has 1 aliphatic heterocycles. The molecule has 21 heavy (non-hydrogen) atoms. The Morgan fingerprint density at radius 2 is 1.95 bits per heavy atom. The van der Waals surface area contributed by atoms with Crippen molar-refractivity contribution in [3.63, 3.8) is 0 Å². The van der Waals surface area contributed by atoms with Gasteiger partial charge in [-0.15, -0.1) is 0 Å². The van der Waals surface area contributed by atoms with Crippen LogP contribution in [-0.2, 0) is 0 Å². The molecule has 1 aliphatic rings. The van der Waals surface area contributed by atoms with Crippen LogP contribution in [0, 0.1) is 12.7 Å². The van der Waals surface area contributed by atoms with Gasteiger partial charge in [0.1, 0.15) is 19.0 Å². The molecule has 0 radical (unpaired) electrons. The van der Waals surface area contributed by atoms with Crippen molar-refractivity contribution in [2.75, 3.05) is 20.3 Å². The number of nitrogens with one attached hydrogen (secondary N) is 1. The molecule has 0 fully saturated rings. The van der Waals surface area contributed by atoms with Gasteiger partial charge in [0.2, 0.25) is 0 Å². The van der Waals surface area contributed by atoms with Gasteiger partial charge in [-0.2, -0.15) is 0 Å². The lowest BCUT2D eigenvalue weighted by Gasteiger charge is -2.25. The van der Waals surface area contributed by atoms with E-state index in [1.54, 1.807) is 19.1 Å². The van der Waals surface area contributed by atoms with Gasteiger partial charge in [-0.05, 0) is 37.2 Å². The van der Waals surface area contributed by atoms with Gasteiger partial charge in [-0.3, -0.25) is 0 Å². The van der Waals surface area contributed by atoms with Crippen molar-refractivity contribution in [2.45, 2.75) is 13.0 Å². The van der Waals surface area contributed by atoms with Crippen molar-refractivity contribution in [2.24, 2.45) is 0 Å². The van der Waals surface area contributed by atoms with Crippen molar-refractivity contribution in [1.29, 1.82) is 0 Å². The molecule has 0 saturated carbocycles. The highest BCUT2D eigenvalue weighted by atomic mass is 19.1. The highest BCUT2D eigenvalue weighted by Gasteiger charge is 2.22. The number of benzene rings is 2. The third kappa shape index (κ3) is 2.59. The van der Waals surface area contributed by atoms with E-state index in [0.29, 0.717) is 18.8 Å². The maximum Gasteiger partial charge on any atom is 0.166 e. The van der Waals surface area contributed by atoms with Gasteiger partial charge in [-0.25, -0.2) is 4.39 Å². The summed E-state index contributed by atoms with van der Waals surface area (Å²) in [6.07, 6.45) is 0. The van der Waals surface area contributed by atoms with Gasteiger partial charge >= 0.3 is 0 Å². The molecular formula is C17H18FNO2. The van der Waals surface area contributed by atoms with Crippen LogP contribution in [0.25, 0.3) is 0 Å². The molecular weight excluding hydrogens is 269 g/mol. The van der Waals surface area contributed by atoms with Gasteiger partial charge in [-0.1, -0.05) is 24.3 Å². The van der Waals surface area contributed by atoms with Gasteiger partial charge in [0.25, 0.3) is 0 Å². The van der Waals surface area contributed by atoms with E-state index in [9.17, 15) is 4.39 Å². The second-order valence-electron chi connectivity index (χ2n) is 5.10. The van der Waals surface area contributed by atoms with E-state index in [0.717, 1.165) is 22.6 Å². The van der Waals surface area contributed by atoms with Crippen molar-refractivity contribution >= 4 is 0 Å². The predicted octanol–water partition coefficient (Wildman–Crippen LogP) is 3.21. The Morgan fingerprint density at radius 3 is 2.71 bits per heavy atom. The average molecular weight is 287 g/mol. The first-order valence-corrected chi connectivity index (χ1v) is 7.02. The maximum absolute atomic E-state index is 13.8. The minimum absolute atomic E-state index is 0.142. The number of hydrogen-bond acceptors (Lipinski definition) is 3. The van der Waals surface area contributed by atoms with Gasteiger partial charge < -0.3 is 14.8 Å². The molecule has 1 atom stereocenters. The Bertz CT molecular complexity index is 657. The molecule has 110 valence electrons. The molecule has 0 aromatic heterocycles. The highest BCUT2D eigenvalue weighted by molar-refractivity contribution is 5.51. The highest BCUT2D eigenvalue weighted by Crippen LogP contribution is 2.39. The van der Waals surface area contributed by atoms with Crippen LogP contribution in [0.5, 0.6) is 11.5 Å². The first-order valence-electron chi connectivity index (χ1n) is 7.02. The normalized spacial score (nSPS) is 14.8. The molecule has 3 nitrogen and oxygen atoms in total. The van der Waals surface area contributed by atoms with E-state index in [4.69, 9.17) is 9.47 Å². The largest absolute Gasteiger partial charge is 0.486 e. The van der Waals surface area contributed by atoms with Crippen LogP contribution >= 0.6 is 0 Å². The summed E-state index contributed by atoms with van der Waals surface area (Å²) < 4.78 is 25.2. The summed E-state index contributed by atoms with van der Waals surface area (Å²) >= 11 is 0. The number of ether oxygens (including phenoxy) is 2. The van der Waals surface area contributed by atoms with Crippen LogP contribution in [0.15, 0.2) is 36.4 Å². The summed E-state index contributed by atoms with van der Waals surface area (Å²) in [5, 5.41) is 3.23. The minimum atomic E-state index is -0.199. The van der Waals surface area contributed by atoms with Crippen LogP contribution in [0.1, 0.15) is 22.7 Å². The Labute approximate surface area is 123 Å². The second kappa shape index (κ2) is 5.74. The molecule has 0 amide bonds. The van der Waals surface area contributed by atoms with Crippen LogP contribution < -0.4 is 14.8 Å². The lowest BCUT2D eigenvalue weighted by atomic mass is 9.96. The van der Waals surface area contributed by atoms with Gasteiger partial charge in [0.05, 0.1) is 6.04 Å². The zero-order valence-corrected chi connectivity index (χ0v) is 12.2. The fourth-order valence-electron chi connectivity index (χ4n) is 2.61. The molecule has 0 bridgehead atoms. The summed E-state index contributed by atoms with van der Waals surface area (Å²) in [6, 6.07) is 10.9. The van der Waals surface area contributed by atoms with Crippen LogP contribution in [0.4, 0.5) is 4.39 Å². The number of hydrogen-bond donors (Lipinski definition) is 1. The first-order chi connectivity index (χ1) is 10.2.